The van der Waals surface area contributed by atoms with Gasteiger partial charge in [0.1, 0.15) is 5.82 Å². The van der Waals surface area contributed by atoms with Gasteiger partial charge in [-0.3, -0.25) is 0 Å². The molecule has 0 saturated carbocycles. The van der Waals surface area contributed by atoms with Gasteiger partial charge in [-0.2, -0.15) is 0 Å². The molecule has 3 rings (SSSR count). The van der Waals surface area contributed by atoms with Crippen molar-refractivity contribution in [1.82, 2.24) is 0 Å². The molecule has 2 heteroatoms. The van der Waals surface area contributed by atoms with Crippen LogP contribution in [0.5, 0.6) is 0 Å². The van der Waals surface area contributed by atoms with Crippen molar-refractivity contribution in [2.45, 2.75) is 0 Å². The van der Waals surface area contributed by atoms with Gasteiger partial charge >= 0.3 is 0 Å². The fraction of sp³-hybridized carbons (Fsp3) is 0. The van der Waals surface area contributed by atoms with Gasteiger partial charge < -0.3 is 5.73 Å². The summed E-state index contributed by atoms with van der Waals surface area (Å²) in [6.45, 7) is 0. The van der Waals surface area contributed by atoms with E-state index in [1.807, 2.05) is 66.7 Å². The first-order valence-electron chi connectivity index (χ1n) is 6.45. The number of rotatable bonds is 2. The summed E-state index contributed by atoms with van der Waals surface area (Å²) < 4.78 is 14.3. The molecule has 0 amide bonds. The molecule has 0 aliphatic heterocycles. The lowest BCUT2D eigenvalue weighted by atomic mass is 9.99. The number of benzene rings is 3. The zero-order valence-electron chi connectivity index (χ0n) is 10.9. The predicted molar refractivity (Wildman–Crippen MR) is 81.7 cm³/mol. The molecule has 0 aromatic heterocycles. The Morgan fingerprint density at radius 3 is 1.95 bits per heavy atom. The van der Waals surface area contributed by atoms with Crippen LogP contribution in [0.2, 0.25) is 0 Å². The first kappa shape index (κ1) is 12.4. The van der Waals surface area contributed by atoms with E-state index in [2.05, 4.69) is 0 Å². The van der Waals surface area contributed by atoms with Crippen LogP contribution in [-0.4, -0.2) is 0 Å². The second-order valence-corrected chi connectivity index (χ2v) is 4.68. The fourth-order valence-corrected chi connectivity index (χ4v) is 2.22. The smallest absolute Gasteiger partial charge is 0.131 e. The Hall–Kier alpha value is -2.61. The van der Waals surface area contributed by atoms with Gasteiger partial charge in [-0.25, -0.2) is 4.39 Å². The van der Waals surface area contributed by atoms with Crippen molar-refractivity contribution in [1.29, 1.82) is 0 Å². The van der Waals surface area contributed by atoms with E-state index < -0.39 is 0 Å². The normalized spacial score (nSPS) is 10.4. The second kappa shape index (κ2) is 5.17. The zero-order chi connectivity index (χ0) is 13.9. The Morgan fingerprint density at radius 1 is 0.650 bits per heavy atom. The van der Waals surface area contributed by atoms with Crippen molar-refractivity contribution >= 4 is 5.69 Å². The largest absolute Gasteiger partial charge is 0.399 e. The van der Waals surface area contributed by atoms with E-state index in [0.717, 1.165) is 16.7 Å². The topological polar surface area (TPSA) is 26.0 Å². The Balaban J connectivity index is 2.01. The number of halogens is 1. The van der Waals surface area contributed by atoms with Crippen LogP contribution < -0.4 is 5.73 Å². The number of anilines is 1. The van der Waals surface area contributed by atoms with Crippen LogP contribution in [0, 0.1) is 5.82 Å². The maximum atomic E-state index is 14.3. The molecule has 0 heterocycles. The lowest BCUT2D eigenvalue weighted by Gasteiger charge is -2.07. The van der Waals surface area contributed by atoms with Gasteiger partial charge in [0, 0.05) is 11.3 Å². The molecule has 0 aliphatic rings. The molecule has 0 atom stereocenters. The van der Waals surface area contributed by atoms with Crippen molar-refractivity contribution < 1.29 is 4.39 Å². The van der Waals surface area contributed by atoms with E-state index in [0.29, 0.717) is 11.3 Å². The zero-order valence-corrected chi connectivity index (χ0v) is 10.9. The molecule has 20 heavy (non-hydrogen) atoms. The summed E-state index contributed by atoms with van der Waals surface area (Å²) in [4.78, 5) is 0. The molecule has 1 nitrogen and oxygen atoms in total. The van der Waals surface area contributed by atoms with E-state index in [9.17, 15) is 4.39 Å². The average Bonchev–Trinajstić information content (AvgIpc) is 2.49. The number of nitrogen functional groups attached to an aromatic ring is 1. The van der Waals surface area contributed by atoms with E-state index in [4.69, 9.17) is 5.73 Å². The van der Waals surface area contributed by atoms with Crippen LogP contribution in [0.25, 0.3) is 22.3 Å². The van der Waals surface area contributed by atoms with Gasteiger partial charge in [0.15, 0.2) is 0 Å². The van der Waals surface area contributed by atoms with Gasteiger partial charge in [-0.1, -0.05) is 54.6 Å². The Morgan fingerprint density at radius 2 is 1.30 bits per heavy atom. The molecule has 3 aromatic rings. The first-order chi connectivity index (χ1) is 9.74. The minimum Gasteiger partial charge on any atom is -0.399 e. The Bertz CT molecular complexity index is 718. The summed E-state index contributed by atoms with van der Waals surface area (Å²) >= 11 is 0. The highest BCUT2D eigenvalue weighted by atomic mass is 19.1. The SMILES string of the molecule is Nc1ccc(-c2ccc(-c3ccccc3)c(F)c2)cc1. The monoisotopic (exact) mass is 263 g/mol. The highest BCUT2D eigenvalue weighted by Crippen LogP contribution is 2.28. The van der Waals surface area contributed by atoms with Crippen LogP contribution in [-0.2, 0) is 0 Å². The summed E-state index contributed by atoms with van der Waals surface area (Å²) in [7, 11) is 0. The molecule has 0 unspecified atom stereocenters. The predicted octanol–water partition coefficient (Wildman–Crippen LogP) is 4.74. The van der Waals surface area contributed by atoms with Crippen LogP contribution in [0.1, 0.15) is 0 Å². The standard InChI is InChI=1S/C18H14FN/c19-18-12-15(13-6-9-16(20)10-7-13)8-11-17(18)14-4-2-1-3-5-14/h1-12H,20H2. The van der Waals surface area contributed by atoms with E-state index in [1.165, 1.54) is 0 Å². The third kappa shape index (κ3) is 2.41. The van der Waals surface area contributed by atoms with E-state index >= 15 is 0 Å². The Labute approximate surface area is 117 Å². The molecule has 98 valence electrons. The minimum atomic E-state index is -0.217. The number of hydrogen-bond acceptors (Lipinski definition) is 1. The molecule has 0 aliphatic carbocycles. The summed E-state index contributed by atoms with van der Waals surface area (Å²) in [6.07, 6.45) is 0. The maximum Gasteiger partial charge on any atom is 0.131 e. The van der Waals surface area contributed by atoms with Crippen LogP contribution >= 0.6 is 0 Å². The first-order valence-corrected chi connectivity index (χ1v) is 6.45. The highest BCUT2D eigenvalue weighted by molar-refractivity contribution is 5.71. The third-order valence-electron chi connectivity index (χ3n) is 3.30. The summed E-state index contributed by atoms with van der Waals surface area (Å²) in [5.74, 6) is -0.217. The van der Waals surface area contributed by atoms with E-state index in [1.54, 1.807) is 6.07 Å². The molecule has 0 spiro atoms. The van der Waals surface area contributed by atoms with Gasteiger partial charge in [-0.05, 0) is 34.9 Å². The lowest BCUT2D eigenvalue weighted by Crippen LogP contribution is -1.87. The van der Waals surface area contributed by atoms with Crippen molar-refractivity contribution in [3.63, 3.8) is 0 Å². The third-order valence-corrected chi connectivity index (χ3v) is 3.30. The van der Waals surface area contributed by atoms with Crippen LogP contribution in [0.15, 0.2) is 72.8 Å². The quantitative estimate of drug-likeness (QED) is 0.664. The minimum absolute atomic E-state index is 0.217. The van der Waals surface area contributed by atoms with Crippen molar-refractivity contribution in [2.75, 3.05) is 5.73 Å². The molecular weight excluding hydrogens is 249 g/mol. The molecule has 3 aromatic carbocycles. The van der Waals surface area contributed by atoms with Gasteiger partial charge in [0.2, 0.25) is 0 Å². The highest BCUT2D eigenvalue weighted by Gasteiger charge is 2.06. The van der Waals surface area contributed by atoms with E-state index in [-0.39, 0.29) is 5.82 Å². The molecule has 0 fully saturated rings. The van der Waals surface area contributed by atoms with Gasteiger partial charge in [0.25, 0.3) is 0 Å². The number of hydrogen-bond donors (Lipinski definition) is 1. The van der Waals surface area contributed by atoms with Gasteiger partial charge in [-0.15, -0.1) is 0 Å². The summed E-state index contributed by atoms with van der Waals surface area (Å²) in [5.41, 5.74) is 9.67. The fourth-order valence-electron chi connectivity index (χ4n) is 2.22. The molecule has 0 saturated heterocycles. The maximum absolute atomic E-state index is 14.3. The second-order valence-electron chi connectivity index (χ2n) is 4.68. The molecule has 2 N–H and O–H groups in total. The van der Waals surface area contributed by atoms with Crippen molar-refractivity contribution in [3.8, 4) is 22.3 Å². The average molecular weight is 263 g/mol. The van der Waals surface area contributed by atoms with Crippen LogP contribution in [0.4, 0.5) is 10.1 Å². The molecule has 0 radical (unpaired) electrons. The van der Waals surface area contributed by atoms with Gasteiger partial charge in [0.05, 0.1) is 0 Å². The molecular formula is C18H14FN. The lowest BCUT2D eigenvalue weighted by molar-refractivity contribution is 0.632. The van der Waals surface area contributed by atoms with Crippen molar-refractivity contribution in [3.05, 3.63) is 78.6 Å². The summed E-state index contributed by atoms with van der Waals surface area (Å²) in [6, 6.07) is 22.3. The van der Waals surface area contributed by atoms with Crippen LogP contribution in [0.3, 0.4) is 0 Å². The molecule has 0 bridgehead atoms. The summed E-state index contributed by atoms with van der Waals surface area (Å²) in [5, 5.41) is 0. The Kier molecular flexibility index (Phi) is 3.21. The number of nitrogens with two attached hydrogens (primary N) is 1. The van der Waals surface area contributed by atoms with Crippen molar-refractivity contribution in [2.24, 2.45) is 0 Å².